The molecule has 0 bridgehead atoms. The molecule has 2 N–H and O–H groups in total. The van der Waals surface area contributed by atoms with Gasteiger partial charge in [-0.2, -0.15) is 5.10 Å². The molecule has 1 aromatic carbocycles. The largest absolute Gasteiger partial charge is 0.493 e. The topological polar surface area (TPSA) is 83.8 Å². The van der Waals surface area contributed by atoms with Crippen LogP contribution in [0, 0.1) is 0 Å². The zero-order valence-electron chi connectivity index (χ0n) is 18.8. The fourth-order valence-electron chi connectivity index (χ4n) is 4.12. The average molecular weight is 552 g/mol. The molecule has 9 heteroatoms. The van der Waals surface area contributed by atoms with Gasteiger partial charge in [-0.25, -0.2) is 4.99 Å². The van der Waals surface area contributed by atoms with Crippen LogP contribution < -0.4 is 15.4 Å². The molecule has 0 saturated heterocycles. The summed E-state index contributed by atoms with van der Waals surface area (Å²) in [6.07, 6.45) is 7.86. The molecule has 0 spiro atoms. The third-order valence-electron chi connectivity index (χ3n) is 5.94. The number of likely N-dealkylation sites (N-methyl/N-ethyl adjacent to an activating group) is 1. The number of amides is 1. The number of carbonyl (C=O) groups excluding carboxylic acids is 1. The summed E-state index contributed by atoms with van der Waals surface area (Å²) in [5.74, 6) is 1.49. The van der Waals surface area contributed by atoms with Gasteiger partial charge in [0.25, 0.3) is 0 Å². The molecule has 8 nitrogen and oxygen atoms in total. The van der Waals surface area contributed by atoms with Gasteiger partial charge in [-0.3, -0.25) is 9.48 Å². The summed E-state index contributed by atoms with van der Waals surface area (Å²) >= 11 is 0. The second-order valence-corrected chi connectivity index (χ2v) is 8.40. The van der Waals surface area contributed by atoms with Gasteiger partial charge in [-0.1, -0.05) is 31.0 Å². The highest BCUT2D eigenvalue weighted by molar-refractivity contribution is 14.0. The van der Waals surface area contributed by atoms with E-state index in [-0.39, 0.29) is 42.5 Å². The molecule has 1 aromatic heterocycles. The number of hydrogen-bond donors (Lipinski definition) is 2. The number of para-hydroxylation sites is 1. The van der Waals surface area contributed by atoms with Gasteiger partial charge in [0.2, 0.25) is 5.91 Å². The number of halogens is 1. The van der Waals surface area contributed by atoms with Crippen LogP contribution in [0.25, 0.3) is 0 Å². The Bertz CT molecular complexity index is 923. The molecule has 2 aromatic rings. The van der Waals surface area contributed by atoms with Crippen LogP contribution in [0.2, 0.25) is 0 Å². The van der Waals surface area contributed by atoms with Crippen LogP contribution in [0.3, 0.4) is 0 Å². The van der Waals surface area contributed by atoms with Gasteiger partial charge in [0.1, 0.15) is 5.75 Å². The Morgan fingerprint density at radius 2 is 2.00 bits per heavy atom. The van der Waals surface area contributed by atoms with Crippen LogP contribution in [-0.4, -0.2) is 53.8 Å². The number of carbonyl (C=O) groups is 1. The van der Waals surface area contributed by atoms with Crippen molar-refractivity contribution in [3.8, 4) is 5.75 Å². The molecule has 32 heavy (non-hydrogen) atoms. The number of benzene rings is 1. The Morgan fingerprint density at radius 1 is 1.22 bits per heavy atom. The minimum absolute atomic E-state index is 0. The van der Waals surface area contributed by atoms with Gasteiger partial charge in [0.15, 0.2) is 5.96 Å². The van der Waals surface area contributed by atoms with Gasteiger partial charge < -0.3 is 20.3 Å². The lowest BCUT2D eigenvalue weighted by Gasteiger charge is -2.28. The summed E-state index contributed by atoms with van der Waals surface area (Å²) in [4.78, 5) is 18.4. The Morgan fingerprint density at radius 3 is 2.78 bits per heavy atom. The molecule has 1 unspecified atom stereocenters. The van der Waals surface area contributed by atoms with Gasteiger partial charge in [-0.05, 0) is 25.0 Å². The average Bonchev–Trinajstić information content (AvgIpc) is 3.47. The highest BCUT2D eigenvalue weighted by Crippen LogP contribution is 2.31. The van der Waals surface area contributed by atoms with Crippen LogP contribution in [0.4, 0.5) is 0 Å². The molecule has 1 aliphatic carbocycles. The second-order valence-electron chi connectivity index (χ2n) is 8.40. The summed E-state index contributed by atoms with van der Waals surface area (Å²) in [6.45, 7) is 1.28. The first-order valence-electron chi connectivity index (χ1n) is 11.1. The van der Waals surface area contributed by atoms with Gasteiger partial charge in [-0.15, -0.1) is 24.0 Å². The SMILES string of the molecule is CN(C)C(=O)CNC(=NCc1ccn(C2CCCC2)n1)NC1CCOc2ccccc21.I. The smallest absolute Gasteiger partial charge is 0.241 e. The molecule has 1 fully saturated rings. The van der Waals surface area contributed by atoms with E-state index in [4.69, 9.17) is 14.8 Å². The normalized spacial score (nSPS) is 18.3. The van der Waals surface area contributed by atoms with Crippen molar-refractivity contribution in [3.05, 3.63) is 47.8 Å². The predicted molar refractivity (Wildman–Crippen MR) is 135 cm³/mol. The molecule has 1 saturated carbocycles. The number of guanidine groups is 1. The first kappa shape index (κ1) is 24.3. The fraction of sp³-hybridized carbons (Fsp3) is 0.522. The molecular weight excluding hydrogens is 519 g/mol. The number of aliphatic imine (C=N–C) groups is 1. The maximum absolute atomic E-state index is 12.1. The molecule has 4 rings (SSSR count). The number of nitrogens with one attached hydrogen (secondary N) is 2. The molecule has 1 atom stereocenters. The van der Waals surface area contributed by atoms with Crippen LogP contribution in [0.5, 0.6) is 5.75 Å². The third-order valence-corrected chi connectivity index (χ3v) is 5.94. The van der Waals surface area contributed by atoms with Gasteiger partial charge in [0, 0.05) is 32.3 Å². The van der Waals surface area contributed by atoms with E-state index in [0.717, 1.165) is 23.4 Å². The van der Waals surface area contributed by atoms with Crippen molar-refractivity contribution in [2.75, 3.05) is 27.2 Å². The first-order valence-corrected chi connectivity index (χ1v) is 11.1. The van der Waals surface area contributed by atoms with E-state index < -0.39 is 0 Å². The zero-order chi connectivity index (χ0) is 21.6. The Kier molecular flexibility index (Phi) is 8.77. The van der Waals surface area contributed by atoms with Crippen molar-refractivity contribution in [1.82, 2.24) is 25.3 Å². The molecule has 2 heterocycles. The minimum atomic E-state index is -0.00705. The summed E-state index contributed by atoms with van der Waals surface area (Å²) in [7, 11) is 3.50. The van der Waals surface area contributed by atoms with Crippen molar-refractivity contribution in [2.45, 2.75) is 50.7 Å². The van der Waals surface area contributed by atoms with Crippen molar-refractivity contribution in [3.63, 3.8) is 0 Å². The van der Waals surface area contributed by atoms with Crippen LogP contribution in [-0.2, 0) is 11.3 Å². The van der Waals surface area contributed by atoms with Crippen molar-refractivity contribution >= 4 is 35.8 Å². The van der Waals surface area contributed by atoms with E-state index in [9.17, 15) is 4.79 Å². The first-order chi connectivity index (χ1) is 15.1. The maximum Gasteiger partial charge on any atom is 0.241 e. The van der Waals surface area contributed by atoms with Crippen molar-refractivity contribution in [1.29, 1.82) is 0 Å². The van der Waals surface area contributed by atoms with Crippen LogP contribution in [0.15, 0.2) is 41.5 Å². The van der Waals surface area contributed by atoms with Gasteiger partial charge >= 0.3 is 0 Å². The standard InChI is InChI=1S/C23H32N6O2.HI/c1-28(2)22(30)16-25-23(26-20-12-14-31-21-10-6-5-9-19(20)21)24-15-17-11-13-29(27-17)18-7-3-4-8-18;/h5-6,9-11,13,18,20H,3-4,7-8,12,14-16H2,1-2H3,(H2,24,25,26);1H. The number of fused-ring (bicyclic) bond motifs is 1. The molecular formula is C23H33IN6O2. The molecule has 174 valence electrons. The summed E-state index contributed by atoms with van der Waals surface area (Å²) < 4.78 is 7.86. The van der Waals surface area contributed by atoms with E-state index in [2.05, 4.69) is 27.6 Å². The molecule has 2 aliphatic rings. The lowest BCUT2D eigenvalue weighted by molar-refractivity contribution is -0.127. The minimum Gasteiger partial charge on any atom is -0.493 e. The molecule has 0 radical (unpaired) electrons. The van der Waals surface area contributed by atoms with E-state index in [0.29, 0.717) is 25.2 Å². The number of aromatic nitrogens is 2. The third kappa shape index (κ3) is 6.14. The highest BCUT2D eigenvalue weighted by Gasteiger charge is 2.22. The highest BCUT2D eigenvalue weighted by atomic mass is 127. The van der Waals surface area contributed by atoms with Crippen molar-refractivity contribution < 1.29 is 9.53 Å². The van der Waals surface area contributed by atoms with E-state index in [1.165, 1.54) is 25.7 Å². The predicted octanol–water partition coefficient (Wildman–Crippen LogP) is 3.26. The van der Waals surface area contributed by atoms with Crippen LogP contribution >= 0.6 is 24.0 Å². The van der Waals surface area contributed by atoms with Gasteiger partial charge in [0.05, 0.1) is 37.5 Å². The van der Waals surface area contributed by atoms with E-state index >= 15 is 0 Å². The number of rotatable bonds is 6. The monoisotopic (exact) mass is 552 g/mol. The van der Waals surface area contributed by atoms with Crippen LogP contribution in [0.1, 0.15) is 55.4 Å². The molecule has 1 aliphatic heterocycles. The summed E-state index contributed by atoms with van der Waals surface area (Å²) in [5, 5.41) is 11.4. The summed E-state index contributed by atoms with van der Waals surface area (Å²) in [6, 6.07) is 10.7. The Hall–Kier alpha value is -2.30. The number of nitrogens with zero attached hydrogens (tertiary/aromatic N) is 4. The quantitative estimate of drug-likeness (QED) is 0.327. The maximum atomic E-state index is 12.1. The summed E-state index contributed by atoms with van der Waals surface area (Å²) in [5.41, 5.74) is 2.03. The second kappa shape index (κ2) is 11.5. The Labute approximate surface area is 206 Å². The number of ether oxygens (including phenoxy) is 1. The van der Waals surface area contributed by atoms with Crippen molar-refractivity contribution in [2.24, 2.45) is 4.99 Å². The lowest BCUT2D eigenvalue weighted by atomic mass is 10.0. The Balaban J connectivity index is 0.00000289. The van der Waals surface area contributed by atoms with E-state index in [1.54, 1.807) is 19.0 Å². The lowest BCUT2D eigenvalue weighted by Crippen LogP contribution is -2.45. The van der Waals surface area contributed by atoms with E-state index in [1.807, 2.05) is 24.3 Å². The molecule has 1 amide bonds. The number of hydrogen-bond acceptors (Lipinski definition) is 4. The zero-order valence-corrected chi connectivity index (χ0v) is 21.1. The fourth-order valence-corrected chi connectivity index (χ4v) is 4.12.